The Morgan fingerprint density at radius 3 is 2.10 bits per heavy atom. The topological polar surface area (TPSA) is 81.7 Å². The normalized spacial score (nSPS) is 12.2. The molecule has 0 saturated carbocycles. The van der Waals surface area contributed by atoms with Gasteiger partial charge in [-0.25, -0.2) is 18.4 Å². The number of carbonyl (C=O) groups excluding carboxylic acids is 3. The summed E-state index contributed by atoms with van der Waals surface area (Å²) in [7, 11) is 0. The van der Waals surface area contributed by atoms with Gasteiger partial charge in [0.15, 0.2) is 6.61 Å². The fourth-order valence-electron chi connectivity index (χ4n) is 2.06. The molecule has 29 heavy (non-hydrogen) atoms. The molecule has 0 aliphatic carbocycles. The minimum atomic E-state index is -1.11. The lowest BCUT2D eigenvalue weighted by molar-refractivity contribution is -0.147. The highest BCUT2D eigenvalue weighted by molar-refractivity contribution is 5.98. The Balaban J connectivity index is 0. The monoisotopic (exact) mass is 417 g/mol. The van der Waals surface area contributed by atoms with Gasteiger partial charge in [0.2, 0.25) is 5.78 Å². The van der Waals surface area contributed by atoms with Crippen molar-refractivity contribution < 1.29 is 34.1 Å². The molecule has 0 radical (unpaired) electrons. The van der Waals surface area contributed by atoms with Crippen molar-refractivity contribution in [2.75, 3.05) is 6.61 Å². The Labute approximate surface area is 172 Å². The fourth-order valence-corrected chi connectivity index (χ4v) is 2.06. The van der Waals surface area contributed by atoms with Crippen LogP contribution in [-0.4, -0.2) is 36.1 Å². The molecule has 1 atom stereocenters. The van der Waals surface area contributed by atoms with E-state index in [1.807, 2.05) is 13.8 Å². The molecule has 1 amide bonds. The largest absolute Gasteiger partial charge is 0.456 e. The average Bonchev–Trinajstić information content (AvgIpc) is 2.58. The maximum atomic E-state index is 13.6. The Kier molecular flexibility index (Phi) is 9.94. The molecule has 0 saturated heterocycles. The first-order valence-corrected chi connectivity index (χ1v) is 9.35. The zero-order valence-corrected chi connectivity index (χ0v) is 18.3. The average molecular weight is 417 g/mol. The van der Waals surface area contributed by atoms with Crippen LogP contribution in [0.25, 0.3) is 0 Å². The van der Waals surface area contributed by atoms with Gasteiger partial charge in [0.25, 0.3) is 0 Å². The number of Topliss-reactive ketones (excluding diaryl/α,β-unsaturated/α-hetero) is 1. The molecular formula is C21H33F2NO5. The van der Waals surface area contributed by atoms with Crippen LogP contribution in [0, 0.1) is 17.0 Å². The summed E-state index contributed by atoms with van der Waals surface area (Å²) in [6.07, 6.45) is -0.818. The highest BCUT2D eigenvalue weighted by Crippen LogP contribution is 2.21. The third-order valence-electron chi connectivity index (χ3n) is 3.34. The molecule has 0 heterocycles. The number of benzene rings is 1. The summed E-state index contributed by atoms with van der Waals surface area (Å²) in [6, 6.07) is 1.30. The van der Waals surface area contributed by atoms with Gasteiger partial charge in [0, 0.05) is 1.43 Å². The van der Waals surface area contributed by atoms with Gasteiger partial charge in [-0.3, -0.25) is 4.79 Å². The second-order valence-electron chi connectivity index (χ2n) is 8.10. The molecule has 166 valence electrons. The van der Waals surface area contributed by atoms with E-state index in [4.69, 9.17) is 9.47 Å². The van der Waals surface area contributed by atoms with Crippen LogP contribution in [0.2, 0.25) is 0 Å². The van der Waals surface area contributed by atoms with Gasteiger partial charge < -0.3 is 14.8 Å². The number of hydrogen-bond donors (Lipinski definition) is 1. The number of amides is 1. The molecule has 1 N–H and O–H groups in total. The smallest absolute Gasteiger partial charge is 0.408 e. The Hall–Kier alpha value is -2.51. The summed E-state index contributed by atoms with van der Waals surface area (Å²) in [4.78, 5) is 36.3. The number of carbonyl (C=O) groups is 3. The minimum absolute atomic E-state index is 0. The van der Waals surface area contributed by atoms with Crippen molar-refractivity contribution in [3.8, 4) is 0 Å². The summed E-state index contributed by atoms with van der Waals surface area (Å²) in [5, 5.41) is 2.42. The van der Waals surface area contributed by atoms with E-state index in [2.05, 4.69) is 5.32 Å². The molecular weight excluding hydrogens is 384 g/mol. The lowest BCUT2D eigenvalue weighted by Crippen LogP contribution is -2.51. The highest BCUT2D eigenvalue weighted by Gasteiger charge is 2.35. The van der Waals surface area contributed by atoms with Crippen LogP contribution in [0.15, 0.2) is 18.2 Å². The zero-order chi connectivity index (χ0) is 23.0. The third-order valence-corrected chi connectivity index (χ3v) is 3.34. The van der Waals surface area contributed by atoms with E-state index >= 15 is 0 Å². The molecule has 0 bridgehead atoms. The predicted octanol–water partition coefficient (Wildman–Crippen LogP) is 4.90. The number of hydrogen-bond acceptors (Lipinski definition) is 5. The van der Waals surface area contributed by atoms with Gasteiger partial charge in [-0.1, -0.05) is 34.6 Å². The number of halogens is 2. The molecule has 0 aliphatic heterocycles. The van der Waals surface area contributed by atoms with Gasteiger partial charge in [-0.15, -0.1) is 0 Å². The van der Waals surface area contributed by atoms with E-state index in [9.17, 15) is 23.2 Å². The Morgan fingerprint density at radius 1 is 1.07 bits per heavy atom. The third kappa shape index (κ3) is 9.49. The molecule has 0 unspecified atom stereocenters. The standard InChI is InChI=1S/C19H25F2NO5.C2H6.H2/c1-18(2,3)15(22-17(25)27-19(4,5)6)16(24)26-10-14(23)12-9-11(20)7-8-13(12)21;1-2;/h7-9,15H,10H2,1-6H3,(H,22,25);1-2H3;1H/t15-;;/m0../s1. The Bertz CT molecular complexity index is 727. The molecule has 0 aliphatic rings. The van der Waals surface area contributed by atoms with Crippen molar-refractivity contribution in [2.45, 2.75) is 67.0 Å². The van der Waals surface area contributed by atoms with Crippen molar-refractivity contribution in [2.24, 2.45) is 5.41 Å². The van der Waals surface area contributed by atoms with E-state index < -0.39 is 58.7 Å². The van der Waals surface area contributed by atoms with Gasteiger partial charge in [0.05, 0.1) is 5.56 Å². The fraction of sp³-hybridized carbons (Fsp3) is 0.571. The van der Waals surface area contributed by atoms with Gasteiger partial charge >= 0.3 is 12.1 Å². The lowest BCUT2D eigenvalue weighted by Gasteiger charge is -2.30. The first-order chi connectivity index (χ1) is 13.2. The second-order valence-corrected chi connectivity index (χ2v) is 8.10. The van der Waals surface area contributed by atoms with Crippen LogP contribution < -0.4 is 5.32 Å². The maximum Gasteiger partial charge on any atom is 0.408 e. The number of esters is 1. The zero-order valence-electron chi connectivity index (χ0n) is 18.3. The van der Waals surface area contributed by atoms with Crippen molar-refractivity contribution in [1.82, 2.24) is 5.32 Å². The quantitative estimate of drug-likeness (QED) is 0.544. The molecule has 0 aromatic heterocycles. The van der Waals surface area contributed by atoms with E-state index in [0.29, 0.717) is 0 Å². The van der Waals surface area contributed by atoms with Crippen LogP contribution in [0.1, 0.15) is 67.2 Å². The molecule has 0 spiro atoms. The van der Waals surface area contributed by atoms with Crippen molar-refractivity contribution in [3.63, 3.8) is 0 Å². The molecule has 0 fully saturated rings. The van der Waals surface area contributed by atoms with Crippen LogP contribution in [0.5, 0.6) is 0 Å². The first-order valence-electron chi connectivity index (χ1n) is 9.35. The predicted molar refractivity (Wildman–Crippen MR) is 108 cm³/mol. The Morgan fingerprint density at radius 2 is 1.62 bits per heavy atom. The summed E-state index contributed by atoms with van der Waals surface area (Å²) >= 11 is 0. The highest BCUT2D eigenvalue weighted by atomic mass is 19.1. The molecule has 1 aromatic rings. The number of rotatable bonds is 5. The maximum absolute atomic E-state index is 13.6. The van der Waals surface area contributed by atoms with Crippen molar-refractivity contribution in [1.29, 1.82) is 0 Å². The molecule has 1 aromatic carbocycles. The molecule has 6 nitrogen and oxygen atoms in total. The van der Waals surface area contributed by atoms with Gasteiger partial charge in [-0.05, 0) is 44.4 Å². The number of nitrogens with one attached hydrogen (secondary N) is 1. The van der Waals surface area contributed by atoms with Crippen molar-refractivity contribution in [3.05, 3.63) is 35.4 Å². The SMILES string of the molecule is CC.CC(C)(C)OC(=O)N[C@@H](C(=O)OCC(=O)c1cc(F)ccc1F)C(C)(C)C.[HH]. The second kappa shape index (κ2) is 10.9. The van der Waals surface area contributed by atoms with Crippen LogP contribution >= 0.6 is 0 Å². The summed E-state index contributed by atoms with van der Waals surface area (Å²) in [5.41, 5.74) is -2.03. The molecule has 8 heteroatoms. The van der Waals surface area contributed by atoms with Crippen LogP contribution in [0.4, 0.5) is 13.6 Å². The van der Waals surface area contributed by atoms with E-state index in [1.54, 1.807) is 41.5 Å². The van der Waals surface area contributed by atoms with E-state index in [0.717, 1.165) is 18.2 Å². The minimum Gasteiger partial charge on any atom is -0.456 e. The van der Waals surface area contributed by atoms with Gasteiger partial charge in [0.1, 0.15) is 23.3 Å². The van der Waals surface area contributed by atoms with E-state index in [-0.39, 0.29) is 1.43 Å². The summed E-state index contributed by atoms with van der Waals surface area (Å²) in [6.45, 7) is 13.3. The molecule has 1 rings (SSSR count). The van der Waals surface area contributed by atoms with E-state index in [1.165, 1.54) is 0 Å². The number of alkyl carbamates (subject to hydrolysis) is 1. The first kappa shape index (κ1) is 26.5. The van der Waals surface area contributed by atoms with Crippen molar-refractivity contribution >= 4 is 17.8 Å². The summed E-state index contributed by atoms with van der Waals surface area (Å²) < 4.78 is 36.8. The van der Waals surface area contributed by atoms with Gasteiger partial charge in [-0.2, -0.15) is 0 Å². The summed E-state index contributed by atoms with van der Waals surface area (Å²) in [5.74, 6) is -3.49. The number of ether oxygens (including phenoxy) is 2. The number of ketones is 1. The van der Waals surface area contributed by atoms with Crippen LogP contribution in [-0.2, 0) is 14.3 Å². The lowest BCUT2D eigenvalue weighted by atomic mass is 9.87. The van der Waals surface area contributed by atoms with Crippen LogP contribution in [0.3, 0.4) is 0 Å².